The van der Waals surface area contributed by atoms with E-state index in [1.165, 1.54) is 24.3 Å². The Morgan fingerprint density at radius 2 is 1.75 bits per heavy atom. The van der Waals surface area contributed by atoms with Gasteiger partial charge in [0.25, 0.3) is 5.91 Å². The number of anilines is 2. The SMILES string of the molecule is NCCCC(=O)Nc1cc(F)ccc1NC(=O)c1ccccc1F. The molecule has 2 aromatic rings. The minimum absolute atomic E-state index is 0.0988. The van der Waals surface area contributed by atoms with Crippen molar-refractivity contribution in [3.63, 3.8) is 0 Å². The molecule has 24 heavy (non-hydrogen) atoms. The topological polar surface area (TPSA) is 84.2 Å². The molecular formula is C17H17F2N3O2. The average molecular weight is 333 g/mol. The summed E-state index contributed by atoms with van der Waals surface area (Å²) in [7, 11) is 0. The number of carbonyl (C=O) groups is 2. The van der Waals surface area contributed by atoms with Gasteiger partial charge < -0.3 is 16.4 Å². The molecule has 0 aliphatic carbocycles. The van der Waals surface area contributed by atoms with Crippen molar-refractivity contribution >= 4 is 23.2 Å². The van der Waals surface area contributed by atoms with Gasteiger partial charge in [0.15, 0.2) is 0 Å². The Morgan fingerprint density at radius 1 is 1.00 bits per heavy atom. The van der Waals surface area contributed by atoms with Crippen molar-refractivity contribution in [3.8, 4) is 0 Å². The van der Waals surface area contributed by atoms with Crippen molar-refractivity contribution in [3.05, 3.63) is 59.7 Å². The fraction of sp³-hybridized carbons (Fsp3) is 0.176. The van der Waals surface area contributed by atoms with Gasteiger partial charge in [0.2, 0.25) is 5.91 Å². The first-order valence-electron chi connectivity index (χ1n) is 7.36. The summed E-state index contributed by atoms with van der Waals surface area (Å²) in [6, 6.07) is 8.99. The second-order valence-electron chi connectivity index (χ2n) is 5.06. The fourth-order valence-electron chi connectivity index (χ4n) is 2.04. The van der Waals surface area contributed by atoms with E-state index in [9.17, 15) is 18.4 Å². The predicted molar refractivity (Wildman–Crippen MR) is 87.7 cm³/mol. The number of hydrogen-bond acceptors (Lipinski definition) is 3. The Labute approximate surface area is 137 Å². The molecule has 0 aromatic heterocycles. The number of nitrogens with two attached hydrogens (primary N) is 1. The maximum Gasteiger partial charge on any atom is 0.258 e. The van der Waals surface area contributed by atoms with Crippen LogP contribution in [0.3, 0.4) is 0 Å². The smallest absolute Gasteiger partial charge is 0.258 e. The second kappa shape index (κ2) is 8.16. The molecule has 4 N–H and O–H groups in total. The molecule has 0 radical (unpaired) electrons. The summed E-state index contributed by atoms with van der Waals surface area (Å²) in [6.07, 6.45) is 0.659. The maximum atomic E-state index is 13.7. The molecule has 126 valence electrons. The number of hydrogen-bond donors (Lipinski definition) is 3. The molecule has 0 atom stereocenters. The summed E-state index contributed by atoms with van der Waals surface area (Å²) >= 11 is 0. The van der Waals surface area contributed by atoms with Crippen molar-refractivity contribution in [1.82, 2.24) is 0 Å². The Morgan fingerprint density at radius 3 is 2.46 bits per heavy atom. The molecule has 0 fully saturated rings. The summed E-state index contributed by atoms with van der Waals surface area (Å²) in [6.45, 7) is 0.355. The number of rotatable bonds is 6. The van der Waals surface area contributed by atoms with E-state index in [-0.39, 0.29) is 29.3 Å². The Hall–Kier alpha value is -2.80. The predicted octanol–water partition coefficient (Wildman–Crippen LogP) is 2.89. The van der Waals surface area contributed by atoms with Gasteiger partial charge in [-0.2, -0.15) is 0 Å². The highest BCUT2D eigenvalue weighted by atomic mass is 19.1. The largest absolute Gasteiger partial charge is 0.330 e. The van der Waals surface area contributed by atoms with Crippen LogP contribution in [0, 0.1) is 11.6 Å². The molecule has 0 aliphatic heterocycles. The summed E-state index contributed by atoms with van der Waals surface area (Å²) in [4.78, 5) is 23.9. The van der Waals surface area contributed by atoms with E-state index in [0.717, 1.165) is 18.2 Å². The van der Waals surface area contributed by atoms with E-state index in [2.05, 4.69) is 10.6 Å². The minimum Gasteiger partial charge on any atom is -0.330 e. The molecule has 2 amide bonds. The average Bonchev–Trinajstić information content (AvgIpc) is 2.55. The lowest BCUT2D eigenvalue weighted by molar-refractivity contribution is -0.116. The highest BCUT2D eigenvalue weighted by Gasteiger charge is 2.14. The van der Waals surface area contributed by atoms with Crippen molar-refractivity contribution in [2.24, 2.45) is 5.73 Å². The van der Waals surface area contributed by atoms with Crippen molar-refractivity contribution < 1.29 is 18.4 Å². The molecule has 0 spiro atoms. The van der Waals surface area contributed by atoms with Gasteiger partial charge >= 0.3 is 0 Å². The third-order valence-corrected chi connectivity index (χ3v) is 3.23. The van der Waals surface area contributed by atoms with Crippen LogP contribution >= 0.6 is 0 Å². The van der Waals surface area contributed by atoms with Crippen LogP contribution in [0.15, 0.2) is 42.5 Å². The van der Waals surface area contributed by atoms with Gasteiger partial charge in [0, 0.05) is 6.42 Å². The zero-order valence-corrected chi connectivity index (χ0v) is 12.8. The standard InChI is InChI=1S/C17H17F2N3O2/c18-11-7-8-14(15(10-11)21-16(23)6-3-9-20)22-17(24)12-4-1-2-5-13(12)19/h1-2,4-5,7-8,10H,3,6,9,20H2,(H,21,23)(H,22,24). The molecule has 0 saturated heterocycles. The summed E-state index contributed by atoms with van der Waals surface area (Å²) in [5.74, 6) is -2.30. The third-order valence-electron chi connectivity index (χ3n) is 3.23. The van der Waals surface area contributed by atoms with E-state index in [1.807, 2.05) is 0 Å². The lowest BCUT2D eigenvalue weighted by Gasteiger charge is -2.13. The molecule has 2 rings (SSSR count). The first-order valence-corrected chi connectivity index (χ1v) is 7.36. The fourth-order valence-corrected chi connectivity index (χ4v) is 2.04. The Bertz CT molecular complexity index is 750. The monoisotopic (exact) mass is 333 g/mol. The number of benzene rings is 2. The van der Waals surface area contributed by atoms with Crippen molar-refractivity contribution in [2.75, 3.05) is 17.2 Å². The first kappa shape index (κ1) is 17.6. The van der Waals surface area contributed by atoms with Gasteiger partial charge in [-0.15, -0.1) is 0 Å². The van der Waals surface area contributed by atoms with Gasteiger partial charge in [-0.1, -0.05) is 12.1 Å². The summed E-state index contributed by atoms with van der Waals surface area (Å²) < 4.78 is 27.1. The van der Waals surface area contributed by atoms with Crippen LogP contribution in [0.4, 0.5) is 20.2 Å². The molecule has 7 heteroatoms. The van der Waals surface area contributed by atoms with Gasteiger partial charge in [-0.25, -0.2) is 8.78 Å². The molecule has 0 heterocycles. The van der Waals surface area contributed by atoms with Gasteiger partial charge in [-0.05, 0) is 43.3 Å². The van der Waals surface area contributed by atoms with Crippen LogP contribution < -0.4 is 16.4 Å². The van der Waals surface area contributed by atoms with Crippen molar-refractivity contribution in [1.29, 1.82) is 0 Å². The Balaban J connectivity index is 2.19. The minimum atomic E-state index is -0.697. The van der Waals surface area contributed by atoms with E-state index in [4.69, 9.17) is 5.73 Å². The van der Waals surface area contributed by atoms with Gasteiger partial charge in [0.05, 0.1) is 16.9 Å². The molecular weight excluding hydrogens is 316 g/mol. The molecule has 5 nitrogen and oxygen atoms in total. The number of halogens is 2. The lowest BCUT2D eigenvalue weighted by Crippen LogP contribution is -2.18. The number of amides is 2. The second-order valence-corrected chi connectivity index (χ2v) is 5.06. The van der Waals surface area contributed by atoms with Crippen LogP contribution in [0.2, 0.25) is 0 Å². The van der Waals surface area contributed by atoms with Crippen LogP contribution in [-0.2, 0) is 4.79 Å². The van der Waals surface area contributed by atoms with Gasteiger partial charge in [0.1, 0.15) is 11.6 Å². The Kier molecular flexibility index (Phi) is 5.97. The van der Waals surface area contributed by atoms with Crippen LogP contribution in [0.1, 0.15) is 23.2 Å². The molecule has 0 aliphatic rings. The highest BCUT2D eigenvalue weighted by Crippen LogP contribution is 2.24. The van der Waals surface area contributed by atoms with E-state index in [1.54, 1.807) is 0 Å². The quantitative estimate of drug-likeness (QED) is 0.760. The third kappa shape index (κ3) is 4.60. The van der Waals surface area contributed by atoms with Crippen LogP contribution in [0.5, 0.6) is 0 Å². The number of carbonyl (C=O) groups excluding carboxylic acids is 2. The van der Waals surface area contributed by atoms with E-state index in [0.29, 0.717) is 13.0 Å². The summed E-state index contributed by atoms with van der Waals surface area (Å²) in [5.41, 5.74) is 5.46. The molecule has 2 aromatic carbocycles. The lowest BCUT2D eigenvalue weighted by atomic mass is 10.2. The molecule has 0 unspecified atom stereocenters. The van der Waals surface area contributed by atoms with Gasteiger partial charge in [-0.3, -0.25) is 9.59 Å². The summed E-state index contributed by atoms with van der Waals surface area (Å²) in [5, 5.41) is 4.99. The maximum absolute atomic E-state index is 13.7. The van der Waals surface area contributed by atoms with Crippen molar-refractivity contribution in [2.45, 2.75) is 12.8 Å². The first-order chi connectivity index (χ1) is 11.5. The highest BCUT2D eigenvalue weighted by molar-refractivity contribution is 6.07. The van der Waals surface area contributed by atoms with Crippen LogP contribution in [0.25, 0.3) is 0 Å². The van der Waals surface area contributed by atoms with Crippen LogP contribution in [-0.4, -0.2) is 18.4 Å². The molecule has 0 bridgehead atoms. The molecule has 0 saturated carbocycles. The zero-order chi connectivity index (χ0) is 17.5. The van der Waals surface area contributed by atoms with E-state index >= 15 is 0 Å². The normalized spacial score (nSPS) is 10.3. The zero-order valence-electron chi connectivity index (χ0n) is 12.8. The number of nitrogens with one attached hydrogen (secondary N) is 2. The van der Waals surface area contributed by atoms with E-state index < -0.39 is 17.5 Å².